The van der Waals surface area contributed by atoms with Crippen LogP contribution in [0.1, 0.15) is 16.7 Å². The molecule has 0 atom stereocenters. The number of amides is 1. The Morgan fingerprint density at radius 3 is 2.31 bits per heavy atom. The third kappa shape index (κ3) is 5.41. The van der Waals surface area contributed by atoms with Crippen LogP contribution in [0.4, 0.5) is 0 Å². The molecule has 0 aromatic heterocycles. The summed E-state index contributed by atoms with van der Waals surface area (Å²) in [7, 11) is 3.34. The predicted octanol–water partition coefficient (Wildman–Crippen LogP) is 3.04. The zero-order valence-corrected chi connectivity index (χ0v) is 17.7. The van der Waals surface area contributed by atoms with E-state index in [1.807, 2.05) is 49.1 Å². The molecule has 2 aromatic carbocycles. The van der Waals surface area contributed by atoms with Gasteiger partial charge >= 0.3 is 0 Å². The molecule has 0 saturated carbocycles. The molecule has 1 fully saturated rings. The van der Waals surface area contributed by atoms with Crippen LogP contribution in [0.15, 0.2) is 36.4 Å². The Hall–Kier alpha value is -2.73. The molecule has 1 aliphatic heterocycles. The highest BCUT2D eigenvalue weighted by Crippen LogP contribution is 2.25. The number of carbonyl (C=O) groups is 1. The molecule has 6 heteroatoms. The van der Waals surface area contributed by atoms with E-state index in [0.717, 1.165) is 48.0 Å². The average Bonchev–Trinajstić information content (AvgIpc) is 2.73. The lowest BCUT2D eigenvalue weighted by molar-refractivity contribution is -0.135. The largest absolute Gasteiger partial charge is 0.497 e. The van der Waals surface area contributed by atoms with Gasteiger partial charge in [0.1, 0.15) is 17.2 Å². The number of rotatable bonds is 7. The lowest BCUT2D eigenvalue weighted by Gasteiger charge is -2.35. The summed E-state index contributed by atoms with van der Waals surface area (Å²) in [5, 5.41) is 0. The van der Waals surface area contributed by atoms with Gasteiger partial charge in [-0.3, -0.25) is 9.69 Å². The van der Waals surface area contributed by atoms with Crippen LogP contribution in [0.3, 0.4) is 0 Å². The minimum absolute atomic E-state index is 0.0311. The molecule has 29 heavy (non-hydrogen) atoms. The molecule has 0 unspecified atom stereocenters. The maximum absolute atomic E-state index is 12.5. The lowest BCUT2D eigenvalue weighted by atomic mass is 10.1. The van der Waals surface area contributed by atoms with Gasteiger partial charge in [-0.15, -0.1) is 0 Å². The molecule has 0 bridgehead atoms. The van der Waals surface area contributed by atoms with E-state index in [1.54, 1.807) is 14.2 Å². The van der Waals surface area contributed by atoms with E-state index in [9.17, 15) is 4.79 Å². The zero-order valence-electron chi connectivity index (χ0n) is 17.7. The monoisotopic (exact) mass is 398 g/mol. The zero-order chi connectivity index (χ0) is 20.8. The van der Waals surface area contributed by atoms with Gasteiger partial charge in [0.25, 0.3) is 5.91 Å². The van der Waals surface area contributed by atoms with E-state index in [0.29, 0.717) is 13.1 Å². The highest BCUT2D eigenvalue weighted by Gasteiger charge is 2.22. The topological polar surface area (TPSA) is 51.2 Å². The van der Waals surface area contributed by atoms with Crippen LogP contribution in [-0.2, 0) is 11.3 Å². The number of aryl methyl sites for hydroxylation is 2. The minimum atomic E-state index is 0.0311. The van der Waals surface area contributed by atoms with Gasteiger partial charge < -0.3 is 19.1 Å². The molecule has 1 amide bonds. The first kappa shape index (κ1) is 21.0. The highest BCUT2D eigenvalue weighted by atomic mass is 16.5. The van der Waals surface area contributed by atoms with Crippen molar-refractivity contribution in [1.29, 1.82) is 0 Å². The molecule has 1 aliphatic rings. The molecule has 0 spiro atoms. The van der Waals surface area contributed by atoms with E-state index in [-0.39, 0.29) is 12.5 Å². The van der Waals surface area contributed by atoms with Crippen LogP contribution in [0, 0.1) is 13.8 Å². The first-order valence-electron chi connectivity index (χ1n) is 9.91. The Kier molecular flexibility index (Phi) is 6.99. The fourth-order valence-corrected chi connectivity index (χ4v) is 3.59. The van der Waals surface area contributed by atoms with Crippen molar-refractivity contribution in [3.63, 3.8) is 0 Å². The molecular weight excluding hydrogens is 368 g/mol. The van der Waals surface area contributed by atoms with E-state index in [4.69, 9.17) is 14.2 Å². The normalized spacial score (nSPS) is 14.6. The summed E-state index contributed by atoms with van der Waals surface area (Å²) in [4.78, 5) is 16.7. The van der Waals surface area contributed by atoms with Gasteiger partial charge in [0.05, 0.1) is 14.2 Å². The Labute approximate surface area is 173 Å². The van der Waals surface area contributed by atoms with Crippen molar-refractivity contribution in [2.75, 3.05) is 47.0 Å². The van der Waals surface area contributed by atoms with Crippen molar-refractivity contribution in [3.05, 3.63) is 53.1 Å². The quantitative estimate of drug-likeness (QED) is 0.718. The van der Waals surface area contributed by atoms with E-state index in [1.165, 1.54) is 5.56 Å². The third-order valence-corrected chi connectivity index (χ3v) is 5.29. The number of ether oxygens (including phenoxy) is 3. The van der Waals surface area contributed by atoms with Gasteiger partial charge in [-0.05, 0) is 43.7 Å². The Bertz CT molecular complexity index is 845. The number of methoxy groups -OCH3 is 2. The average molecular weight is 399 g/mol. The Morgan fingerprint density at radius 1 is 0.931 bits per heavy atom. The molecule has 6 nitrogen and oxygen atoms in total. The molecular formula is C23H30N2O4. The number of benzene rings is 2. The summed E-state index contributed by atoms with van der Waals surface area (Å²) in [5.41, 5.74) is 3.32. The van der Waals surface area contributed by atoms with E-state index < -0.39 is 0 Å². The van der Waals surface area contributed by atoms with Crippen LogP contribution in [-0.4, -0.2) is 62.7 Å². The van der Waals surface area contributed by atoms with Gasteiger partial charge in [-0.25, -0.2) is 0 Å². The molecule has 1 saturated heterocycles. The van der Waals surface area contributed by atoms with Gasteiger partial charge in [0, 0.05) is 38.3 Å². The molecule has 156 valence electrons. The summed E-state index contributed by atoms with van der Waals surface area (Å²) >= 11 is 0. The Morgan fingerprint density at radius 2 is 1.66 bits per heavy atom. The number of nitrogens with zero attached hydrogens (tertiary/aromatic N) is 2. The van der Waals surface area contributed by atoms with Gasteiger partial charge in [0.2, 0.25) is 0 Å². The van der Waals surface area contributed by atoms with Crippen molar-refractivity contribution in [2.24, 2.45) is 0 Å². The summed E-state index contributed by atoms with van der Waals surface area (Å²) in [6.45, 7) is 7.91. The maximum atomic E-state index is 12.5. The van der Waals surface area contributed by atoms with E-state index >= 15 is 0 Å². The first-order valence-corrected chi connectivity index (χ1v) is 9.91. The highest BCUT2D eigenvalue weighted by molar-refractivity contribution is 5.78. The second kappa shape index (κ2) is 9.65. The van der Waals surface area contributed by atoms with Crippen LogP contribution in [0.2, 0.25) is 0 Å². The molecule has 0 aliphatic carbocycles. The third-order valence-electron chi connectivity index (χ3n) is 5.29. The summed E-state index contributed by atoms with van der Waals surface area (Å²) in [5.74, 6) is 2.47. The first-order chi connectivity index (χ1) is 14.0. The molecule has 1 heterocycles. The molecule has 2 aromatic rings. The van der Waals surface area contributed by atoms with E-state index in [2.05, 4.69) is 11.0 Å². The standard InChI is InChI=1S/C23H30N2O4/c1-17-5-7-21(18(2)13-17)29-16-23(26)25-11-9-24(10-12-25)15-19-14-20(27-3)6-8-22(19)28-4/h5-8,13-14H,9-12,15-16H2,1-4H3. The second-order valence-corrected chi connectivity index (χ2v) is 7.39. The van der Waals surface area contributed by atoms with Crippen LogP contribution in [0.5, 0.6) is 17.2 Å². The van der Waals surface area contributed by atoms with Crippen LogP contribution >= 0.6 is 0 Å². The fraction of sp³-hybridized carbons (Fsp3) is 0.435. The van der Waals surface area contributed by atoms with Gasteiger partial charge in [-0.2, -0.15) is 0 Å². The summed E-state index contributed by atoms with van der Waals surface area (Å²) in [6, 6.07) is 11.8. The van der Waals surface area contributed by atoms with Gasteiger partial charge in [-0.1, -0.05) is 17.7 Å². The maximum Gasteiger partial charge on any atom is 0.260 e. The van der Waals surface area contributed by atoms with Crippen molar-refractivity contribution in [1.82, 2.24) is 9.80 Å². The van der Waals surface area contributed by atoms with Gasteiger partial charge in [0.15, 0.2) is 6.61 Å². The fourth-order valence-electron chi connectivity index (χ4n) is 3.59. The second-order valence-electron chi connectivity index (χ2n) is 7.39. The number of hydrogen-bond donors (Lipinski definition) is 0. The number of hydrogen-bond acceptors (Lipinski definition) is 5. The van der Waals surface area contributed by atoms with Crippen molar-refractivity contribution < 1.29 is 19.0 Å². The van der Waals surface area contributed by atoms with Crippen LogP contribution in [0.25, 0.3) is 0 Å². The van der Waals surface area contributed by atoms with Crippen LogP contribution < -0.4 is 14.2 Å². The molecule has 0 radical (unpaired) electrons. The van der Waals surface area contributed by atoms with Crippen molar-refractivity contribution in [3.8, 4) is 17.2 Å². The molecule has 3 rings (SSSR count). The number of piperazine rings is 1. The van der Waals surface area contributed by atoms with Crippen molar-refractivity contribution >= 4 is 5.91 Å². The number of carbonyl (C=O) groups excluding carboxylic acids is 1. The van der Waals surface area contributed by atoms with Crippen molar-refractivity contribution in [2.45, 2.75) is 20.4 Å². The summed E-state index contributed by atoms with van der Waals surface area (Å²) in [6.07, 6.45) is 0. The lowest BCUT2D eigenvalue weighted by Crippen LogP contribution is -2.49. The Balaban J connectivity index is 1.50. The SMILES string of the molecule is COc1ccc(OC)c(CN2CCN(C(=O)COc3ccc(C)cc3C)CC2)c1. The minimum Gasteiger partial charge on any atom is -0.497 e. The smallest absolute Gasteiger partial charge is 0.260 e. The summed E-state index contributed by atoms with van der Waals surface area (Å²) < 4.78 is 16.6. The predicted molar refractivity (Wildman–Crippen MR) is 113 cm³/mol. The molecule has 0 N–H and O–H groups in total.